The van der Waals surface area contributed by atoms with E-state index in [1.54, 1.807) is 0 Å². The van der Waals surface area contributed by atoms with Crippen LogP contribution in [-0.2, 0) is 4.79 Å². The van der Waals surface area contributed by atoms with Gasteiger partial charge in [-0.05, 0) is 24.3 Å². The number of nitrogens with zero attached hydrogens (tertiary/aromatic N) is 1. The largest absolute Gasteiger partial charge is 0.341 e. The zero-order chi connectivity index (χ0) is 9.64. The highest BCUT2D eigenvalue weighted by Gasteiger charge is 2.62. The van der Waals surface area contributed by atoms with Crippen LogP contribution >= 0.6 is 0 Å². The molecule has 74 valence electrons. The van der Waals surface area contributed by atoms with Crippen LogP contribution in [0.5, 0.6) is 0 Å². The molecule has 0 aromatic carbocycles. The summed E-state index contributed by atoms with van der Waals surface area (Å²) in [4.78, 5) is 13.5. The van der Waals surface area contributed by atoms with Crippen molar-refractivity contribution in [3.63, 3.8) is 0 Å². The predicted octanol–water partition coefficient (Wildman–Crippen LogP) is 0.320. The summed E-state index contributed by atoms with van der Waals surface area (Å²) in [5.74, 6) is 1.80. The van der Waals surface area contributed by atoms with Gasteiger partial charge in [0, 0.05) is 13.1 Å². The minimum atomic E-state index is 0.255. The fraction of sp³-hybridized carbons (Fsp3) is 0.900. The summed E-state index contributed by atoms with van der Waals surface area (Å²) in [7, 11) is 1.82. The van der Waals surface area contributed by atoms with Crippen LogP contribution in [0.3, 0.4) is 0 Å². The second-order valence-corrected chi connectivity index (χ2v) is 4.86. The van der Waals surface area contributed by atoms with Gasteiger partial charge in [-0.15, -0.1) is 0 Å². The number of nitrogens with one attached hydrogen (secondary N) is 1. The van der Waals surface area contributed by atoms with Crippen LogP contribution in [0.25, 0.3) is 0 Å². The highest BCUT2D eigenvalue weighted by Crippen LogP contribution is 2.61. The number of likely N-dealkylation sites (tertiary alicyclic amines) is 1. The molecule has 13 heavy (non-hydrogen) atoms. The smallest absolute Gasteiger partial charge is 0.236 e. The molecule has 1 N–H and O–H groups in total. The Kier molecular flexibility index (Phi) is 1.88. The van der Waals surface area contributed by atoms with Crippen molar-refractivity contribution in [2.75, 3.05) is 26.7 Å². The molecule has 0 spiro atoms. The zero-order valence-corrected chi connectivity index (χ0v) is 8.63. The van der Waals surface area contributed by atoms with Gasteiger partial charge in [-0.3, -0.25) is 4.79 Å². The second-order valence-electron chi connectivity index (χ2n) is 4.86. The number of amides is 1. The minimum absolute atomic E-state index is 0.255. The van der Waals surface area contributed by atoms with E-state index in [0.717, 1.165) is 24.9 Å². The van der Waals surface area contributed by atoms with Crippen LogP contribution in [0, 0.1) is 17.3 Å². The van der Waals surface area contributed by atoms with Crippen LogP contribution in [-0.4, -0.2) is 37.5 Å². The van der Waals surface area contributed by atoms with Crippen molar-refractivity contribution >= 4 is 5.91 Å². The predicted molar refractivity (Wildman–Crippen MR) is 51.3 cm³/mol. The van der Waals surface area contributed by atoms with Gasteiger partial charge in [-0.1, -0.05) is 13.8 Å². The molecule has 0 bridgehead atoms. The molecule has 1 aliphatic heterocycles. The summed E-state index contributed by atoms with van der Waals surface area (Å²) in [6.45, 7) is 7.07. The Morgan fingerprint density at radius 2 is 2.00 bits per heavy atom. The normalized spacial score (nSPS) is 34.5. The number of piperidine rings is 1. The maximum absolute atomic E-state index is 11.5. The number of fused-ring (bicyclic) bond motifs is 1. The molecule has 1 aliphatic carbocycles. The maximum atomic E-state index is 11.5. The standard InChI is InChI=1S/C10H18N2O/c1-10(2)7-5-12(6-8(7)10)9(13)4-11-3/h7-8,11H,4-6H2,1-3H3. The molecule has 2 unspecified atom stereocenters. The lowest BCUT2D eigenvalue weighted by Gasteiger charge is -2.21. The number of rotatable bonds is 2. The van der Waals surface area contributed by atoms with Gasteiger partial charge in [-0.2, -0.15) is 0 Å². The Labute approximate surface area is 79.5 Å². The van der Waals surface area contributed by atoms with E-state index in [1.807, 2.05) is 11.9 Å². The van der Waals surface area contributed by atoms with Crippen molar-refractivity contribution in [1.82, 2.24) is 10.2 Å². The van der Waals surface area contributed by atoms with Gasteiger partial charge in [0.2, 0.25) is 5.91 Å². The van der Waals surface area contributed by atoms with E-state index in [0.29, 0.717) is 12.0 Å². The van der Waals surface area contributed by atoms with Crippen LogP contribution in [0.1, 0.15) is 13.8 Å². The first-order valence-corrected chi connectivity index (χ1v) is 4.99. The monoisotopic (exact) mass is 182 g/mol. The molecule has 0 radical (unpaired) electrons. The second kappa shape index (κ2) is 2.71. The summed E-state index contributed by atoms with van der Waals surface area (Å²) in [5.41, 5.74) is 0.510. The van der Waals surface area contributed by atoms with Gasteiger partial charge in [0.1, 0.15) is 0 Å². The third-order valence-electron chi connectivity index (χ3n) is 3.80. The Bertz CT molecular complexity index is 223. The van der Waals surface area contributed by atoms with Crippen molar-refractivity contribution < 1.29 is 4.79 Å². The van der Waals surface area contributed by atoms with Gasteiger partial charge in [0.15, 0.2) is 0 Å². The number of hydrogen-bond acceptors (Lipinski definition) is 2. The van der Waals surface area contributed by atoms with Crippen molar-refractivity contribution in [3.05, 3.63) is 0 Å². The molecule has 2 rings (SSSR count). The lowest BCUT2D eigenvalue weighted by molar-refractivity contribution is -0.129. The summed E-state index contributed by atoms with van der Waals surface area (Å²) in [5, 5.41) is 2.90. The van der Waals surface area contributed by atoms with Crippen molar-refractivity contribution in [3.8, 4) is 0 Å². The Morgan fingerprint density at radius 1 is 1.46 bits per heavy atom. The van der Waals surface area contributed by atoms with E-state index >= 15 is 0 Å². The molecule has 1 amide bonds. The molecular formula is C10H18N2O. The molecule has 1 saturated heterocycles. The quantitative estimate of drug-likeness (QED) is 0.667. The fourth-order valence-electron chi connectivity index (χ4n) is 2.60. The molecule has 1 heterocycles. The SMILES string of the molecule is CNCC(=O)N1CC2C(C1)C2(C)C. The third-order valence-corrected chi connectivity index (χ3v) is 3.80. The number of hydrogen-bond donors (Lipinski definition) is 1. The average Bonchev–Trinajstić information content (AvgIpc) is 2.53. The number of carbonyl (C=O) groups is 1. The van der Waals surface area contributed by atoms with E-state index in [9.17, 15) is 4.79 Å². The molecule has 0 aromatic rings. The minimum Gasteiger partial charge on any atom is -0.341 e. The Morgan fingerprint density at radius 3 is 2.46 bits per heavy atom. The first kappa shape index (κ1) is 9.00. The molecule has 2 aliphatic rings. The number of carbonyl (C=O) groups excluding carboxylic acids is 1. The summed E-state index contributed by atoms with van der Waals surface area (Å²) in [6.07, 6.45) is 0. The summed E-state index contributed by atoms with van der Waals surface area (Å²) >= 11 is 0. The van der Waals surface area contributed by atoms with Gasteiger partial charge >= 0.3 is 0 Å². The van der Waals surface area contributed by atoms with Crippen molar-refractivity contribution in [2.24, 2.45) is 17.3 Å². The van der Waals surface area contributed by atoms with E-state index in [1.165, 1.54) is 0 Å². The lowest BCUT2D eigenvalue weighted by atomic mass is 10.1. The van der Waals surface area contributed by atoms with Crippen LogP contribution < -0.4 is 5.32 Å². The highest BCUT2D eigenvalue weighted by atomic mass is 16.2. The third kappa shape index (κ3) is 1.26. The highest BCUT2D eigenvalue weighted by molar-refractivity contribution is 5.78. The first-order valence-electron chi connectivity index (χ1n) is 4.99. The van der Waals surface area contributed by atoms with Gasteiger partial charge in [0.25, 0.3) is 0 Å². The lowest BCUT2D eigenvalue weighted by Crippen LogP contribution is -2.38. The summed E-state index contributed by atoms with van der Waals surface area (Å²) in [6, 6.07) is 0. The first-order chi connectivity index (χ1) is 6.07. The maximum Gasteiger partial charge on any atom is 0.236 e. The molecule has 1 saturated carbocycles. The Balaban J connectivity index is 1.87. The van der Waals surface area contributed by atoms with Gasteiger partial charge in [0.05, 0.1) is 6.54 Å². The molecular weight excluding hydrogens is 164 g/mol. The molecule has 3 nitrogen and oxygen atoms in total. The molecule has 2 fully saturated rings. The summed E-state index contributed by atoms with van der Waals surface area (Å²) < 4.78 is 0. The van der Waals surface area contributed by atoms with E-state index in [-0.39, 0.29) is 5.91 Å². The average molecular weight is 182 g/mol. The molecule has 3 heteroatoms. The molecule has 2 atom stereocenters. The van der Waals surface area contributed by atoms with E-state index in [4.69, 9.17) is 0 Å². The van der Waals surface area contributed by atoms with Crippen LogP contribution in [0.15, 0.2) is 0 Å². The zero-order valence-electron chi connectivity index (χ0n) is 8.63. The van der Waals surface area contributed by atoms with Gasteiger partial charge < -0.3 is 10.2 Å². The Hall–Kier alpha value is -0.570. The van der Waals surface area contributed by atoms with Crippen molar-refractivity contribution in [2.45, 2.75) is 13.8 Å². The molecule has 0 aromatic heterocycles. The topological polar surface area (TPSA) is 32.3 Å². The van der Waals surface area contributed by atoms with Crippen LogP contribution in [0.4, 0.5) is 0 Å². The van der Waals surface area contributed by atoms with E-state index in [2.05, 4.69) is 19.2 Å². The number of likely N-dealkylation sites (N-methyl/N-ethyl adjacent to an activating group) is 1. The van der Waals surface area contributed by atoms with Crippen molar-refractivity contribution in [1.29, 1.82) is 0 Å². The fourth-order valence-corrected chi connectivity index (χ4v) is 2.60. The van der Waals surface area contributed by atoms with E-state index < -0.39 is 0 Å². The van der Waals surface area contributed by atoms with Crippen LogP contribution in [0.2, 0.25) is 0 Å². The van der Waals surface area contributed by atoms with Gasteiger partial charge in [-0.25, -0.2) is 0 Å².